The van der Waals surface area contributed by atoms with Crippen LogP contribution in [0.15, 0.2) is 94.6 Å². The van der Waals surface area contributed by atoms with Gasteiger partial charge in [-0.1, -0.05) is 72.8 Å². The Balaban J connectivity index is 1.16. The second-order valence-corrected chi connectivity index (χ2v) is 13.5. The van der Waals surface area contributed by atoms with Gasteiger partial charge in [0.15, 0.2) is 12.5 Å². The molecule has 0 aliphatic carbocycles. The van der Waals surface area contributed by atoms with E-state index in [1.54, 1.807) is 42.5 Å². The van der Waals surface area contributed by atoms with Crippen LogP contribution in [0, 0.1) is 0 Å². The summed E-state index contributed by atoms with van der Waals surface area (Å²) in [6, 6.07) is 22.6. The molecule has 3 aromatic carbocycles. The molecule has 0 spiro atoms. The largest absolute Gasteiger partial charge is 0.778 e. The first-order valence-corrected chi connectivity index (χ1v) is 16.5. The van der Waals surface area contributed by atoms with E-state index < -0.39 is 70.3 Å². The van der Waals surface area contributed by atoms with Gasteiger partial charge in [-0.25, -0.2) is 4.79 Å². The van der Waals surface area contributed by atoms with Crippen LogP contribution in [-0.2, 0) is 44.8 Å². The second kappa shape index (κ2) is 12.0. The summed E-state index contributed by atoms with van der Waals surface area (Å²) in [5.41, 5.74) is -0.106. The van der Waals surface area contributed by atoms with Gasteiger partial charge in [0.25, 0.3) is 13.4 Å². The predicted octanol–water partition coefficient (Wildman–Crippen LogP) is 2.20. The number of aromatic nitrogens is 2. The zero-order valence-electron chi connectivity index (χ0n) is 22.4. The molecule has 0 amide bonds. The number of phosphoric ester groups is 1. The molecular formula is C28H26N2O11P2-2. The summed E-state index contributed by atoms with van der Waals surface area (Å²) in [6.07, 6.45) is -3.85. The SMILES string of the molecule is O=c1ccn([C@@H]2O[C@H](COP(=O)([O-])OP(=O)([O-])Cc3cccc4ccccc34)C3OC(Cc4ccccc4)O[C@@H]32)c(=O)[nH]1. The highest BCUT2D eigenvalue weighted by Gasteiger charge is 2.54. The molecule has 1 N–H and O–H groups in total. The molecule has 6 rings (SSSR count). The first-order chi connectivity index (χ1) is 20.6. The third kappa shape index (κ3) is 6.81. The van der Waals surface area contributed by atoms with Gasteiger partial charge in [0.2, 0.25) is 0 Å². The minimum Gasteiger partial charge on any atom is -0.778 e. The van der Waals surface area contributed by atoms with Crippen molar-refractivity contribution in [1.82, 2.24) is 9.55 Å². The average molecular weight is 628 g/mol. The Morgan fingerprint density at radius 2 is 1.58 bits per heavy atom. The minimum atomic E-state index is -5.40. The van der Waals surface area contributed by atoms with E-state index in [0.717, 1.165) is 21.6 Å². The van der Waals surface area contributed by atoms with Crippen LogP contribution < -0.4 is 21.0 Å². The van der Waals surface area contributed by atoms with Gasteiger partial charge in [0, 0.05) is 24.8 Å². The number of hydrogen-bond donors (Lipinski definition) is 1. The van der Waals surface area contributed by atoms with Gasteiger partial charge in [0.1, 0.15) is 25.9 Å². The van der Waals surface area contributed by atoms with Crippen LogP contribution in [-0.4, -0.2) is 40.8 Å². The Kier molecular flexibility index (Phi) is 8.36. The number of ether oxygens (including phenoxy) is 3. The number of aromatic amines is 1. The number of nitrogens with one attached hydrogen (secondary N) is 1. The molecule has 7 atom stereocenters. The number of fused-ring (bicyclic) bond motifs is 2. The van der Waals surface area contributed by atoms with Crippen LogP contribution in [0.3, 0.4) is 0 Å². The van der Waals surface area contributed by atoms with Gasteiger partial charge in [0.05, 0.1) is 6.61 Å². The summed E-state index contributed by atoms with van der Waals surface area (Å²) in [5.74, 6) is 0. The highest BCUT2D eigenvalue weighted by Crippen LogP contribution is 2.57. The lowest BCUT2D eigenvalue weighted by atomic mass is 10.1. The van der Waals surface area contributed by atoms with E-state index in [1.165, 1.54) is 6.20 Å². The normalized spacial score (nSPS) is 26.1. The molecule has 13 nitrogen and oxygen atoms in total. The number of hydrogen-bond acceptors (Lipinski definition) is 11. The molecule has 2 saturated heterocycles. The van der Waals surface area contributed by atoms with Crippen LogP contribution in [0.25, 0.3) is 10.8 Å². The highest BCUT2D eigenvalue weighted by molar-refractivity contribution is 7.62. The molecular weight excluding hydrogens is 602 g/mol. The number of H-pyrrole nitrogens is 1. The van der Waals surface area contributed by atoms with Gasteiger partial charge >= 0.3 is 5.69 Å². The quantitative estimate of drug-likeness (QED) is 0.254. The van der Waals surface area contributed by atoms with Crippen molar-refractivity contribution >= 4 is 26.2 Å². The average Bonchev–Trinajstić information content (AvgIpc) is 3.51. The zero-order valence-corrected chi connectivity index (χ0v) is 24.2. The van der Waals surface area contributed by atoms with Crippen molar-refractivity contribution in [2.45, 2.75) is 43.4 Å². The fourth-order valence-corrected chi connectivity index (χ4v) is 7.96. The van der Waals surface area contributed by atoms with Gasteiger partial charge in [-0.05, 0) is 21.9 Å². The summed E-state index contributed by atoms with van der Waals surface area (Å²) in [4.78, 5) is 51.7. The molecule has 2 aliphatic heterocycles. The molecule has 4 aromatic rings. The maximum atomic E-state index is 12.8. The minimum absolute atomic E-state index is 0.353. The Labute approximate surface area is 244 Å². The molecule has 2 aliphatic rings. The van der Waals surface area contributed by atoms with Crippen LogP contribution in [0.1, 0.15) is 17.4 Å². The van der Waals surface area contributed by atoms with Crippen molar-refractivity contribution in [2.75, 3.05) is 6.61 Å². The first kappa shape index (κ1) is 29.8. The Bertz CT molecular complexity index is 1820. The van der Waals surface area contributed by atoms with Gasteiger partial charge in [-0.15, -0.1) is 0 Å². The van der Waals surface area contributed by atoms with E-state index in [1.807, 2.05) is 30.3 Å². The van der Waals surface area contributed by atoms with Crippen molar-refractivity contribution < 1.29 is 42.0 Å². The summed E-state index contributed by atoms with van der Waals surface area (Å²) in [7, 11) is -10.4. The standard InChI is InChI=1S/C28H28N2O11P2/c31-23-13-14-30(28(32)29-23)27-26-25(39-24(40-26)15-18-7-2-1-3-8-18)22(38-27)16-37-43(35,36)41-42(33,34)17-20-11-6-10-19-9-4-5-12-21(19)20/h1-14,22,24-27H,15-17H2,(H,33,34)(H,35,36)(H,29,31,32)/p-2/t22-,24?,25?,26+,27-/m1/s1. The van der Waals surface area contributed by atoms with E-state index in [9.17, 15) is 28.5 Å². The van der Waals surface area contributed by atoms with Crippen LogP contribution in [0.5, 0.6) is 0 Å². The molecule has 0 saturated carbocycles. The summed E-state index contributed by atoms with van der Waals surface area (Å²) in [6.45, 7) is -0.688. The molecule has 43 heavy (non-hydrogen) atoms. The summed E-state index contributed by atoms with van der Waals surface area (Å²) in [5, 5.41) is 1.43. The van der Waals surface area contributed by atoms with Crippen molar-refractivity contribution in [3.63, 3.8) is 0 Å². The van der Waals surface area contributed by atoms with Crippen molar-refractivity contribution in [3.8, 4) is 0 Å². The highest BCUT2D eigenvalue weighted by atomic mass is 31.3. The van der Waals surface area contributed by atoms with E-state index >= 15 is 0 Å². The maximum absolute atomic E-state index is 12.8. The molecule has 0 bridgehead atoms. The first-order valence-electron chi connectivity index (χ1n) is 13.3. The molecule has 0 radical (unpaired) electrons. The van der Waals surface area contributed by atoms with E-state index in [4.69, 9.17) is 18.7 Å². The van der Waals surface area contributed by atoms with E-state index in [0.29, 0.717) is 17.4 Å². The Morgan fingerprint density at radius 3 is 2.37 bits per heavy atom. The number of nitrogens with zero attached hydrogens (tertiary/aromatic N) is 1. The molecule has 4 unspecified atom stereocenters. The summed E-state index contributed by atoms with van der Waals surface area (Å²) >= 11 is 0. The second-order valence-electron chi connectivity index (χ2n) is 10.1. The van der Waals surface area contributed by atoms with Crippen LogP contribution in [0.4, 0.5) is 0 Å². The van der Waals surface area contributed by atoms with E-state index in [-0.39, 0.29) is 0 Å². The van der Waals surface area contributed by atoms with Crippen molar-refractivity contribution in [2.24, 2.45) is 0 Å². The monoisotopic (exact) mass is 628 g/mol. The molecule has 3 heterocycles. The molecule has 1 aromatic heterocycles. The third-order valence-electron chi connectivity index (χ3n) is 7.14. The topological polar surface area (TPSA) is 181 Å². The van der Waals surface area contributed by atoms with Crippen molar-refractivity contribution in [3.05, 3.63) is 117 Å². The lowest BCUT2D eigenvalue weighted by molar-refractivity contribution is -0.235. The smallest absolute Gasteiger partial charge is 0.330 e. The molecule has 2 fully saturated rings. The Hall–Kier alpha value is -3.22. The van der Waals surface area contributed by atoms with Gasteiger partial charge in [-0.3, -0.25) is 23.2 Å². The molecule has 15 heteroatoms. The number of benzene rings is 3. The predicted molar refractivity (Wildman–Crippen MR) is 149 cm³/mol. The zero-order chi connectivity index (χ0) is 30.2. The fourth-order valence-electron chi connectivity index (χ4n) is 5.30. The van der Waals surface area contributed by atoms with Crippen molar-refractivity contribution in [1.29, 1.82) is 0 Å². The third-order valence-corrected chi connectivity index (χ3v) is 10.1. The van der Waals surface area contributed by atoms with Gasteiger partial charge < -0.3 is 33.1 Å². The number of phosphoric acid groups is 1. The van der Waals surface area contributed by atoms with Crippen LogP contribution >= 0.6 is 15.4 Å². The molecule has 226 valence electrons. The maximum Gasteiger partial charge on any atom is 0.330 e. The summed E-state index contributed by atoms with van der Waals surface area (Å²) < 4.78 is 54.1. The fraction of sp³-hybridized carbons (Fsp3) is 0.286. The lowest BCUT2D eigenvalue weighted by Gasteiger charge is -2.32. The Morgan fingerprint density at radius 1 is 0.860 bits per heavy atom. The van der Waals surface area contributed by atoms with E-state index in [2.05, 4.69) is 9.29 Å². The van der Waals surface area contributed by atoms with Crippen LogP contribution in [0.2, 0.25) is 0 Å². The number of rotatable bonds is 10. The lowest BCUT2D eigenvalue weighted by Crippen LogP contribution is -2.36. The van der Waals surface area contributed by atoms with Gasteiger partial charge in [-0.2, -0.15) is 0 Å².